The first kappa shape index (κ1) is 6.79. The van der Waals surface area contributed by atoms with Crippen LogP contribution in [0.3, 0.4) is 0 Å². The smallest absolute Gasteiger partial charge is 0.112 e. The highest BCUT2D eigenvalue weighted by molar-refractivity contribution is 9.10. The van der Waals surface area contributed by atoms with E-state index in [0.717, 1.165) is 15.5 Å². The first-order valence-corrected chi connectivity index (χ1v) is 4.00. The summed E-state index contributed by atoms with van der Waals surface area (Å²) in [7, 11) is 1.89. The molecule has 0 unspecified atom stereocenters. The van der Waals surface area contributed by atoms with Crippen LogP contribution in [0.2, 0.25) is 0 Å². The maximum atomic E-state index is 4.22. The maximum Gasteiger partial charge on any atom is 0.112 e. The summed E-state index contributed by atoms with van der Waals surface area (Å²) < 4.78 is 2.78. The zero-order chi connectivity index (χ0) is 7.84. The number of rotatable bonds is 0. The van der Waals surface area contributed by atoms with E-state index >= 15 is 0 Å². The quantitative estimate of drug-likeness (QED) is 0.665. The van der Waals surface area contributed by atoms with Crippen molar-refractivity contribution in [2.24, 2.45) is 7.05 Å². The Morgan fingerprint density at radius 1 is 1.55 bits per heavy atom. The molecule has 11 heavy (non-hydrogen) atoms. The second-order valence-corrected chi connectivity index (χ2v) is 3.06. The molecule has 56 valence electrons. The standard InChI is InChI=1S/C7H6BrN3/c1-11-7(8)5-2-3-9-4-6(5)10-11/h2-4H,1H3. The molecule has 2 aromatic rings. The second kappa shape index (κ2) is 2.30. The molecule has 0 N–H and O–H groups in total. The number of halogens is 1. The van der Waals surface area contributed by atoms with Gasteiger partial charge >= 0.3 is 0 Å². The highest BCUT2D eigenvalue weighted by atomic mass is 79.9. The fourth-order valence-electron chi connectivity index (χ4n) is 1.02. The zero-order valence-corrected chi connectivity index (χ0v) is 7.54. The molecule has 0 fully saturated rings. The lowest BCUT2D eigenvalue weighted by molar-refractivity contribution is 0.761. The molecule has 0 bridgehead atoms. The van der Waals surface area contributed by atoms with E-state index in [1.54, 1.807) is 17.1 Å². The predicted molar refractivity (Wildman–Crippen MR) is 46.2 cm³/mol. The molecule has 0 aromatic carbocycles. The number of hydrogen-bond donors (Lipinski definition) is 0. The normalized spacial score (nSPS) is 10.7. The molecule has 3 nitrogen and oxygen atoms in total. The van der Waals surface area contributed by atoms with Crippen LogP contribution in [0.25, 0.3) is 10.9 Å². The highest BCUT2D eigenvalue weighted by Crippen LogP contribution is 2.20. The largest absolute Gasteiger partial charge is 0.262 e. The van der Waals surface area contributed by atoms with Crippen LogP contribution in [0, 0.1) is 0 Å². The minimum absolute atomic E-state index is 0.918. The summed E-state index contributed by atoms with van der Waals surface area (Å²) in [6, 6.07) is 1.94. The van der Waals surface area contributed by atoms with Crippen molar-refractivity contribution in [3.05, 3.63) is 23.1 Å². The topological polar surface area (TPSA) is 30.7 Å². The van der Waals surface area contributed by atoms with E-state index in [0.29, 0.717) is 0 Å². The molecule has 0 aliphatic carbocycles. The molecule has 4 heteroatoms. The Bertz CT molecular complexity index is 393. The van der Waals surface area contributed by atoms with Gasteiger partial charge in [0.1, 0.15) is 10.1 Å². The summed E-state index contributed by atoms with van der Waals surface area (Å²) in [5, 5.41) is 5.32. The van der Waals surface area contributed by atoms with Crippen molar-refractivity contribution in [3.63, 3.8) is 0 Å². The minimum atomic E-state index is 0.918. The Morgan fingerprint density at radius 3 is 3.09 bits per heavy atom. The Kier molecular flexibility index (Phi) is 1.42. The lowest BCUT2D eigenvalue weighted by atomic mass is 10.3. The highest BCUT2D eigenvalue weighted by Gasteiger charge is 2.03. The molecule has 0 saturated carbocycles. The van der Waals surface area contributed by atoms with Crippen molar-refractivity contribution < 1.29 is 0 Å². The van der Waals surface area contributed by atoms with E-state index in [2.05, 4.69) is 26.0 Å². The van der Waals surface area contributed by atoms with Crippen molar-refractivity contribution in [2.45, 2.75) is 0 Å². The molecule has 2 heterocycles. The van der Waals surface area contributed by atoms with Crippen LogP contribution in [-0.2, 0) is 7.05 Å². The molecular weight excluding hydrogens is 206 g/mol. The van der Waals surface area contributed by atoms with Gasteiger partial charge in [-0.2, -0.15) is 5.10 Å². The van der Waals surface area contributed by atoms with Crippen molar-refractivity contribution >= 4 is 26.8 Å². The number of aryl methyl sites for hydroxylation is 1. The Labute approximate surface area is 72.2 Å². The molecule has 0 atom stereocenters. The molecular formula is C7H6BrN3. The second-order valence-electron chi connectivity index (χ2n) is 2.31. The molecule has 0 saturated heterocycles. The van der Waals surface area contributed by atoms with E-state index in [9.17, 15) is 0 Å². The van der Waals surface area contributed by atoms with Gasteiger partial charge in [0, 0.05) is 18.6 Å². The van der Waals surface area contributed by atoms with Gasteiger partial charge in [-0.15, -0.1) is 0 Å². The van der Waals surface area contributed by atoms with Crippen molar-refractivity contribution in [2.75, 3.05) is 0 Å². The average Bonchev–Trinajstić information content (AvgIpc) is 2.30. The van der Waals surface area contributed by atoms with Gasteiger partial charge < -0.3 is 0 Å². The third-order valence-corrected chi connectivity index (χ3v) is 2.50. The molecule has 0 spiro atoms. The fraction of sp³-hybridized carbons (Fsp3) is 0.143. The van der Waals surface area contributed by atoms with Crippen molar-refractivity contribution in [1.82, 2.24) is 14.8 Å². The lowest BCUT2D eigenvalue weighted by Crippen LogP contribution is -1.88. The average molecular weight is 212 g/mol. The molecule has 2 aromatic heterocycles. The molecule has 0 aliphatic rings. The molecule has 0 amide bonds. The van der Waals surface area contributed by atoms with Crippen LogP contribution in [0.5, 0.6) is 0 Å². The van der Waals surface area contributed by atoms with Gasteiger partial charge in [-0.25, -0.2) is 0 Å². The van der Waals surface area contributed by atoms with E-state index in [1.807, 2.05) is 13.1 Å². The fourth-order valence-corrected chi connectivity index (χ4v) is 1.43. The summed E-state index contributed by atoms with van der Waals surface area (Å²) in [4.78, 5) is 3.97. The summed E-state index contributed by atoms with van der Waals surface area (Å²) in [6.45, 7) is 0. The SMILES string of the molecule is Cn1nc2cnccc2c1Br. The van der Waals surface area contributed by atoms with E-state index in [4.69, 9.17) is 0 Å². The summed E-state index contributed by atoms with van der Waals surface area (Å²) in [6.07, 6.45) is 3.51. The summed E-state index contributed by atoms with van der Waals surface area (Å²) in [5.74, 6) is 0. The summed E-state index contributed by atoms with van der Waals surface area (Å²) >= 11 is 3.42. The minimum Gasteiger partial charge on any atom is -0.262 e. The van der Waals surface area contributed by atoms with Gasteiger partial charge in [0.2, 0.25) is 0 Å². The van der Waals surface area contributed by atoms with E-state index in [1.165, 1.54) is 0 Å². The van der Waals surface area contributed by atoms with Gasteiger partial charge in [0.15, 0.2) is 0 Å². The van der Waals surface area contributed by atoms with Crippen LogP contribution in [0.1, 0.15) is 0 Å². The monoisotopic (exact) mass is 211 g/mol. The number of pyridine rings is 1. The van der Waals surface area contributed by atoms with Crippen LogP contribution in [0.15, 0.2) is 23.1 Å². The van der Waals surface area contributed by atoms with Gasteiger partial charge in [0.05, 0.1) is 6.20 Å². The van der Waals surface area contributed by atoms with Crippen molar-refractivity contribution in [3.8, 4) is 0 Å². The van der Waals surface area contributed by atoms with Crippen molar-refractivity contribution in [1.29, 1.82) is 0 Å². The Balaban J connectivity index is 2.92. The molecule has 0 radical (unpaired) electrons. The van der Waals surface area contributed by atoms with Crippen LogP contribution in [0.4, 0.5) is 0 Å². The zero-order valence-electron chi connectivity index (χ0n) is 5.95. The van der Waals surface area contributed by atoms with Crippen LogP contribution in [-0.4, -0.2) is 14.8 Å². The van der Waals surface area contributed by atoms with E-state index < -0.39 is 0 Å². The Hall–Kier alpha value is -0.900. The van der Waals surface area contributed by atoms with Gasteiger partial charge in [-0.05, 0) is 22.0 Å². The number of fused-ring (bicyclic) bond motifs is 1. The molecule has 2 rings (SSSR count). The van der Waals surface area contributed by atoms with Gasteiger partial charge in [0.25, 0.3) is 0 Å². The van der Waals surface area contributed by atoms with Gasteiger partial charge in [-0.3, -0.25) is 9.67 Å². The molecule has 0 aliphatic heterocycles. The number of aromatic nitrogens is 3. The van der Waals surface area contributed by atoms with Crippen LogP contribution >= 0.6 is 15.9 Å². The predicted octanol–water partition coefficient (Wildman–Crippen LogP) is 1.73. The van der Waals surface area contributed by atoms with E-state index in [-0.39, 0.29) is 0 Å². The lowest BCUT2D eigenvalue weighted by Gasteiger charge is -1.87. The third kappa shape index (κ3) is 0.939. The summed E-state index contributed by atoms with van der Waals surface area (Å²) in [5.41, 5.74) is 0.918. The first-order chi connectivity index (χ1) is 5.29. The van der Waals surface area contributed by atoms with Gasteiger partial charge in [-0.1, -0.05) is 0 Å². The third-order valence-electron chi connectivity index (χ3n) is 1.56. The first-order valence-electron chi connectivity index (χ1n) is 3.21. The number of nitrogens with zero attached hydrogens (tertiary/aromatic N) is 3. The maximum absolute atomic E-state index is 4.22. The Morgan fingerprint density at radius 2 is 2.36 bits per heavy atom. The van der Waals surface area contributed by atoms with Crippen LogP contribution < -0.4 is 0 Å². The number of hydrogen-bond acceptors (Lipinski definition) is 2.